The SMILES string of the molecule is Cc1cc(=O)oc2cc(OCC(=O)NC3CCCCC3C)ccc12. The van der Waals surface area contributed by atoms with Crippen LogP contribution in [-0.2, 0) is 4.79 Å². The van der Waals surface area contributed by atoms with Gasteiger partial charge in [-0.05, 0) is 43.4 Å². The minimum Gasteiger partial charge on any atom is -0.484 e. The van der Waals surface area contributed by atoms with Gasteiger partial charge >= 0.3 is 5.63 Å². The molecule has 1 saturated carbocycles. The van der Waals surface area contributed by atoms with Gasteiger partial charge in [-0.1, -0.05) is 19.8 Å². The third-order valence-electron chi connectivity index (χ3n) is 4.75. The molecule has 2 atom stereocenters. The average molecular weight is 329 g/mol. The predicted octanol–water partition coefficient (Wildman–Crippen LogP) is 3.18. The molecule has 0 saturated heterocycles. The summed E-state index contributed by atoms with van der Waals surface area (Å²) >= 11 is 0. The van der Waals surface area contributed by atoms with E-state index >= 15 is 0 Å². The normalized spacial score (nSPS) is 20.8. The summed E-state index contributed by atoms with van der Waals surface area (Å²) in [6, 6.07) is 6.98. The quantitative estimate of drug-likeness (QED) is 0.875. The van der Waals surface area contributed by atoms with E-state index < -0.39 is 0 Å². The molecule has 1 aromatic heterocycles. The van der Waals surface area contributed by atoms with Gasteiger partial charge in [-0.15, -0.1) is 0 Å². The lowest BCUT2D eigenvalue weighted by molar-refractivity contribution is -0.124. The van der Waals surface area contributed by atoms with Gasteiger partial charge in [0.15, 0.2) is 6.61 Å². The van der Waals surface area contributed by atoms with Gasteiger partial charge in [0.1, 0.15) is 11.3 Å². The van der Waals surface area contributed by atoms with Crippen molar-refractivity contribution in [3.8, 4) is 5.75 Å². The zero-order valence-corrected chi connectivity index (χ0v) is 14.1. The van der Waals surface area contributed by atoms with Crippen molar-refractivity contribution in [2.75, 3.05) is 6.61 Å². The van der Waals surface area contributed by atoms with Crippen LogP contribution in [0, 0.1) is 12.8 Å². The molecule has 0 radical (unpaired) electrons. The smallest absolute Gasteiger partial charge is 0.336 e. The van der Waals surface area contributed by atoms with Gasteiger partial charge in [0.05, 0.1) is 0 Å². The van der Waals surface area contributed by atoms with Crippen molar-refractivity contribution in [1.29, 1.82) is 0 Å². The molecule has 5 nitrogen and oxygen atoms in total. The lowest BCUT2D eigenvalue weighted by Gasteiger charge is -2.29. The highest BCUT2D eigenvalue weighted by Crippen LogP contribution is 2.24. The molecule has 1 heterocycles. The van der Waals surface area contributed by atoms with E-state index in [1.807, 2.05) is 13.0 Å². The monoisotopic (exact) mass is 329 g/mol. The lowest BCUT2D eigenvalue weighted by atomic mass is 9.86. The molecule has 1 aliphatic rings. The van der Waals surface area contributed by atoms with Crippen LogP contribution in [0.25, 0.3) is 11.0 Å². The predicted molar refractivity (Wildman–Crippen MR) is 92.3 cm³/mol. The van der Waals surface area contributed by atoms with E-state index in [2.05, 4.69) is 12.2 Å². The second-order valence-electron chi connectivity index (χ2n) is 6.63. The number of fused-ring (bicyclic) bond motifs is 1. The minimum absolute atomic E-state index is 0.0369. The molecule has 2 unspecified atom stereocenters. The van der Waals surface area contributed by atoms with Crippen molar-refractivity contribution in [3.05, 3.63) is 40.2 Å². The fourth-order valence-electron chi connectivity index (χ4n) is 3.32. The Balaban J connectivity index is 1.62. The van der Waals surface area contributed by atoms with Crippen molar-refractivity contribution >= 4 is 16.9 Å². The number of carbonyl (C=O) groups is 1. The Morgan fingerprint density at radius 3 is 2.88 bits per heavy atom. The van der Waals surface area contributed by atoms with Gasteiger partial charge in [-0.3, -0.25) is 4.79 Å². The first-order chi connectivity index (χ1) is 11.5. The molecule has 1 amide bonds. The number of carbonyl (C=O) groups excluding carboxylic acids is 1. The van der Waals surface area contributed by atoms with Crippen LogP contribution in [0.5, 0.6) is 5.75 Å². The van der Waals surface area contributed by atoms with E-state index in [1.54, 1.807) is 12.1 Å². The van der Waals surface area contributed by atoms with Crippen molar-refractivity contribution in [3.63, 3.8) is 0 Å². The summed E-state index contributed by atoms with van der Waals surface area (Å²) in [6.45, 7) is 4.00. The van der Waals surface area contributed by atoms with Crippen LogP contribution >= 0.6 is 0 Å². The first-order valence-corrected chi connectivity index (χ1v) is 8.49. The summed E-state index contributed by atoms with van der Waals surface area (Å²) < 4.78 is 10.7. The Labute approximate surface area is 141 Å². The fraction of sp³-hybridized carbons (Fsp3) is 0.474. The molecule has 1 aromatic carbocycles. The lowest BCUT2D eigenvalue weighted by Crippen LogP contribution is -2.43. The van der Waals surface area contributed by atoms with Crippen LogP contribution in [0.3, 0.4) is 0 Å². The average Bonchev–Trinajstić information content (AvgIpc) is 2.54. The van der Waals surface area contributed by atoms with Crippen LogP contribution in [0.2, 0.25) is 0 Å². The first kappa shape index (κ1) is 16.6. The van der Waals surface area contributed by atoms with E-state index in [4.69, 9.17) is 9.15 Å². The second kappa shape index (κ2) is 7.07. The van der Waals surface area contributed by atoms with Crippen molar-refractivity contribution < 1.29 is 13.9 Å². The molecule has 1 N–H and O–H groups in total. The van der Waals surface area contributed by atoms with Gasteiger partial charge in [-0.25, -0.2) is 4.79 Å². The highest BCUT2D eigenvalue weighted by Gasteiger charge is 2.22. The Bertz CT molecular complexity index is 796. The van der Waals surface area contributed by atoms with Crippen molar-refractivity contribution in [2.45, 2.75) is 45.6 Å². The summed E-state index contributed by atoms with van der Waals surface area (Å²) in [5, 5.41) is 3.92. The topological polar surface area (TPSA) is 68.5 Å². The molecule has 3 rings (SSSR count). The number of hydrogen-bond donors (Lipinski definition) is 1. The number of nitrogens with one attached hydrogen (secondary N) is 1. The third kappa shape index (κ3) is 3.78. The van der Waals surface area contributed by atoms with E-state index in [-0.39, 0.29) is 24.2 Å². The maximum absolute atomic E-state index is 12.1. The molecule has 128 valence electrons. The van der Waals surface area contributed by atoms with Crippen LogP contribution in [-0.4, -0.2) is 18.6 Å². The highest BCUT2D eigenvalue weighted by atomic mass is 16.5. The van der Waals surface area contributed by atoms with Crippen LogP contribution in [0.1, 0.15) is 38.2 Å². The zero-order chi connectivity index (χ0) is 17.1. The van der Waals surface area contributed by atoms with E-state index in [9.17, 15) is 9.59 Å². The number of benzene rings is 1. The first-order valence-electron chi connectivity index (χ1n) is 8.49. The molecule has 0 aliphatic heterocycles. The van der Waals surface area contributed by atoms with Crippen LogP contribution < -0.4 is 15.7 Å². The van der Waals surface area contributed by atoms with E-state index in [1.165, 1.54) is 18.9 Å². The van der Waals surface area contributed by atoms with Gasteiger partial charge < -0.3 is 14.5 Å². The summed E-state index contributed by atoms with van der Waals surface area (Å²) in [6.07, 6.45) is 4.60. The van der Waals surface area contributed by atoms with Gasteiger partial charge in [-0.2, -0.15) is 0 Å². The van der Waals surface area contributed by atoms with Crippen molar-refractivity contribution in [2.24, 2.45) is 5.92 Å². The number of amides is 1. The minimum atomic E-state index is -0.388. The summed E-state index contributed by atoms with van der Waals surface area (Å²) in [5.74, 6) is 0.920. The molecule has 1 aliphatic carbocycles. The Morgan fingerprint density at radius 1 is 1.29 bits per heavy atom. The molecule has 0 bridgehead atoms. The van der Waals surface area contributed by atoms with Gasteiger partial charge in [0, 0.05) is 23.6 Å². The van der Waals surface area contributed by atoms with Crippen LogP contribution in [0.15, 0.2) is 33.5 Å². The van der Waals surface area contributed by atoms with Crippen LogP contribution in [0.4, 0.5) is 0 Å². The van der Waals surface area contributed by atoms with Gasteiger partial charge in [0.25, 0.3) is 5.91 Å². The Morgan fingerprint density at radius 2 is 2.08 bits per heavy atom. The second-order valence-corrected chi connectivity index (χ2v) is 6.63. The number of ether oxygens (including phenoxy) is 1. The van der Waals surface area contributed by atoms with Gasteiger partial charge in [0.2, 0.25) is 0 Å². The Hall–Kier alpha value is -2.30. The molecular weight excluding hydrogens is 306 g/mol. The van der Waals surface area contributed by atoms with Crippen molar-refractivity contribution in [1.82, 2.24) is 5.32 Å². The summed E-state index contributed by atoms with van der Waals surface area (Å²) in [4.78, 5) is 23.6. The molecule has 2 aromatic rings. The maximum atomic E-state index is 12.1. The zero-order valence-electron chi connectivity index (χ0n) is 14.1. The summed E-state index contributed by atoms with van der Waals surface area (Å²) in [7, 11) is 0. The molecule has 24 heavy (non-hydrogen) atoms. The molecule has 1 fully saturated rings. The number of rotatable bonds is 4. The van der Waals surface area contributed by atoms with E-state index in [0.717, 1.165) is 23.8 Å². The number of hydrogen-bond acceptors (Lipinski definition) is 4. The molecule has 5 heteroatoms. The molecule has 0 spiro atoms. The Kier molecular flexibility index (Phi) is 4.88. The number of aryl methyl sites for hydroxylation is 1. The fourth-order valence-corrected chi connectivity index (χ4v) is 3.32. The highest BCUT2D eigenvalue weighted by molar-refractivity contribution is 5.81. The van der Waals surface area contributed by atoms with E-state index in [0.29, 0.717) is 17.3 Å². The molecular formula is C19H23NO4. The summed E-state index contributed by atoms with van der Waals surface area (Å²) in [5.41, 5.74) is 0.941. The maximum Gasteiger partial charge on any atom is 0.336 e. The standard InChI is InChI=1S/C19H23NO4/c1-12-5-3-4-6-16(12)20-18(21)11-23-14-7-8-15-13(2)9-19(22)24-17(15)10-14/h7-10,12,16H,3-6,11H2,1-2H3,(H,20,21). The largest absolute Gasteiger partial charge is 0.484 e. The third-order valence-corrected chi connectivity index (χ3v) is 4.75.